The summed E-state index contributed by atoms with van der Waals surface area (Å²) in [6.07, 6.45) is 2.87. The molecule has 0 unspecified atom stereocenters. The first kappa shape index (κ1) is 14.7. The molecule has 0 amide bonds. The number of rotatable bonds is 6. The summed E-state index contributed by atoms with van der Waals surface area (Å²) in [6.45, 7) is 5.56. The zero-order valence-corrected chi connectivity index (χ0v) is 12.6. The summed E-state index contributed by atoms with van der Waals surface area (Å²) in [5.74, 6) is 1.75. The summed E-state index contributed by atoms with van der Waals surface area (Å²) in [6, 6.07) is 9.61. The molecule has 0 fully saturated rings. The second kappa shape index (κ2) is 7.15. The number of nitrogens with zero attached hydrogens (tertiary/aromatic N) is 1. The van der Waals surface area contributed by atoms with Crippen molar-refractivity contribution in [2.75, 3.05) is 11.9 Å². The van der Waals surface area contributed by atoms with Gasteiger partial charge in [-0.1, -0.05) is 18.5 Å². The summed E-state index contributed by atoms with van der Waals surface area (Å²) in [7, 11) is 0. The van der Waals surface area contributed by atoms with Crippen molar-refractivity contribution in [3.8, 4) is 5.75 Å². The maximum absolute atomic E-state index is 5.93. The van der Waals surface area contributed by atoms with E-state index in [9.17, 15) is 0 Å². The molecule has 20 heavy (non-hydrogen) atoms. The topological polar surface area (TPSA) is 34.1 Å². The van der Waals surface area contributed by atoms with Crippen LogP contribution in [-0.2, 0) is 6.61 Å². The van der Waals surface area contributed by atoms with E-state index in [2.05, 4.69) is 17.2 Å². The maximum atomic E-state index is 5.93. The van der Waals surface area contributed by atoms with E-state index < -0.39 is 0 Å². The standard InChI is InChI=1S/C16H19ClN2O/c1-3-7-18-16-10-13(6-8-19-16)11-20-15-5-4-14(17)9-12(15)2/h4-6,8-10H,3,7,11H2,1-2H3,(H,18,19). The molecule has 0 aliphatic rings. The summed E-state index contributed by atoms with van der Waals surface area (Å²) < 4.78 is 5.82. The third-order valence-electron chi connectivity index (χ3n) is 2.91. The second-order valence-corrected chi connectivity index (χ2v) is 5.11. The summed E-state index contributed by atoms with van der Waals surface area (Å²) in [5, 5.41) is 3.99. The Balaban J connectivity index is 1.99. The fraction of sp³-hybridized carbons (Fsp3) is 0.312. The van der Waals surface area contributed by atoms with Crippen molar-refractivity contribution in [2.24, 2.45) is 0 Å². The first-order valence-corrected chi connectivity index (χ1v) is 7.14. The van der Waals surface area contributed by atoms with Gasteiger partial charge in [0.25, 0.3) is 0 Å². The molecule has 1 N–H and O–H groups in total. The number of benzene rings is 1. The highest BCUT2D eigenvalue weighted by Crippen LogP contribution is 2.22. The molecule has 0 aliphatic carbocycles. The molecule has 2 rings (SSSR count). The zero-order valence-electron chi connectivity index (χ0n) is 11.8. The van der Waals surface area contributed by atoms with E-state index in [1.54, 1.807) is 6.20 Å². The van der Waals surface area contributed by atoms with Crippen LogP contribution in [0.5, 0.6) is 5.75 Å². The maximum Gasteiger partial charge on any atom is 0.126 e. The van der Waals surface area contributed by atoms with E-state index in [0.717, 1.165) is 40.7 Å². The van der Waals surface area contributed by atoms with Crippen LogP contribution in [0.25, 0.3) is 0 Å². The molecular weight excluding hydrogens is 272 g/mol. The number of aromatic nitrogens is 1. The summed E-state index contributed by atoms with van der Waals surface area (Å²) >= 11 is 5.93. The van der Waals surface area contributed by atoms with Crippen molar-refractivity contribution in [1.29, 1.82) is 0 Å². The normalized spacial score (nSPS) is 10.3. The average Bonchev–Trinajstić information content (AvgIpc) is 2.45. The fourth-order valence-electron chi connectivity index (χ4n) is 1.85. The molecule has 0 saturated heterocycles. The van der Waals surface area contributed by atoms with Gasteiger partial charge in [-0.25, -0.2) is 4.98 Å². The van der Waals surface area contributed by atoms with Crippen molar-refractivity contribution >= 4 is 17.4 Å². The molecule has 0 radical (unpaired) electrons. The van der Waals surface area contributed by atoms with Gasteiger partial charge >= 0.3 is 0 Å². The van der Waals surface area contributed by atoms with Crippen LogP contribution in [0.15, 0.2) is 36.5 Å². The van der Waals surface area contributed by atoms with Gasteiger partial charge in [-0.3, -0.25) is 0 Å². The predicted octanol–water partition coefficient (Wildman–Crippen LogP) is 4.44. The third-order valence-corrected chi connectivity index (χ3v) is 3.15. The van der Waals surface area contributed by atoms with Gasteiger partial charge in [0, 0.05) is 17.8 Å². The highest BCUT2D eigenvalue weighted by molar-refractivity contribution is 6.30. The Morgan fingerprint density at radius 2 is 2.10 bits per heavy atom. The smallest absolute Gasteiger partial charge is 0.126 e. The van der Waals surface area contributed by atoms with E-state index >= 15 is 0 Å². The Morgan fingerprint density at radius 3 is 2.85 bits per heavy atom. The van der Waals surface area contributed by atoms with E-state index in [1.165, 1.54) is 0 Å². The number of aryl methyl sites for hydroxylation is 1. The molecule has 106 valence electrons. The highest BCUT2D eigenvalue weighted by Gasteiger charge is 2.02. The van der Waals surface area contributed by atoms with Crippen molar-refractivity contribution in [3.63, 3.8) is 0 Å². The SMILES string of the molecule is CCCNc1cc(COc2ccc(Cl)cc2C)ccn1. The molecule has 1 aromatic carbocycles. The number of halogens is 1. The zero-order chi connectivity index (χ0) is 14.4. The number of hydrogen-bond donors (Lipinski definition) is 1. The van der Waals surface area contributed by atoms with Gasteiger partial charge in [0.15, 0.2) is 0 Å². The van der Waals surface area contributed by atoms with Crippen LogP contribution in [0.4, 0.5) is 5.82 Å². The lowest BCUT2D eigenvalue weighted by Gasteiger charge is -2.10. The number of anilines is 1. The van der Waals surface area contributed by atoms with Gasteiger partial charge in [0.05, 0.1) is 0 Å². The van der Waals surface area contributed by atoms with Crippen LogP contribution in [0.3, 0.4) is 0 Å². The Morgan fingerprint density at radius 1 is 1.25 bits per heavy atom. The lowest BCUT2D eigenvalue weighted by molar-refractivity contribution is 0.304. The van der Waals surface area contributed by atoms with Crippen molar-refractivity contribution < 1.29 is 4.74 Å². The van der Waals surface area contributed by atoms with Crippen LogP contribution < -0.4 is 10.1 Å². The minimum absolute atomic E-state index is 0.520. The number of ether oxygens (including phenoxy) is 1. The number of nitrogens with one attached hydrogen (secondary N) is 1. The summed E-state index contributed by atoms with van der Waals surface area (Å²) in [4.78, 5) is 4.28. The largest absolute Gasteiger partial charge is 0.489 e. The molecule has 0 atom stereocenters. The third kappa shape index (κ3) is 4.14. The average molecular weight is 291 g/mol. The van der Waals surface area contributed by atoms with Crippen LogP contribution in [-0.4, -0.2) is 11.5 Å². The van der Waals surface area contributed by atoms with Gasteiger partial charge < -0.3 is 10.1 Å². The lowest BCUT2D eigenvalue weighted by Crippen LogP contribution is -2.03. The van der Waals surface area contributed by atoms with Gasteiger partial charge in [-0.15, -0.1) is 0 Å². The van der Waals surface area contributed by atoms with Crippen LogP contribution >= 0.6 is 11.6 Å². The molecule has 0 spiro atoms. The Labute approximate surface area is 124 Å². The van der Waals surface area contributed by atoms with Crippen LogP contribution in [0, 0.1) is 6.92 Å². The minimum atomic E-state index is 0.520. The summed E-state index contributed by atoms with van der Waals surface area (Å²) in [5.41, 5.74) is 2.13. The molecule has 3 nitrogen and oxygen atoms in total. The molecule has 1 heterocycles. The van der Waals surface area contributed by atoms with Gasteiger partial charge in [-0.05, 0) is 54.8 Å². The fourth-order valence-corrected chi connectivity index (χ4v) is 2.08. The number of pyridine rings is 1. The van der Waals surface area contributed by atoms with Crippen molar-refractivity contribution in [1.82, 2.24) is 4.98 Å². The minimum Gasteiger partial charge on any atom is -0.489 e. The second-order valence-electron chi connectivity index (χ2n) is 4.67. The van der Waals surface area contributed by atoms with Crippen LogP contribution in [0.1, 0.15) is 24.5 Å². The first-order valence-electron chi connectivity index (χ1n) is 6.77. The molecule has 0 aliphatic heterocycles. The Hall–Kier alpha value is -1.74. The highest BCUT2D eigenvalue weighted by atomic mass is 35.5. The van der Waals surface area contributed by atoms with E-state index in [4.69, 9.17) is 16.3 Å². The van der Waals surface area contributed by atoms with Gasteiger partial charge in [0.1, 0.15) is 18.2 Å². The first-order chi connectivity index (χ1) is 9.69. The van der Waals surface area contributed by atoms with Gasteiger partial charge in [-0.2, -0.15) is 0 Å². The van der Waals surface area contributed by atoms with Crippen LogP contribution in [0.2, 0.25) is 5.02 Å². The molecule has 1 aromatic heterocycles. The van der Waals surface area contributed by atoms with Crippen molar-refractivity contribution in [3.05, 3.63) is 52.7 Å². The number of hydrogen-bond acceptors (Lipinski definition) is 3. The Bertz CT molecular complexity index is 572. The molecule has 0 saturated carbocycles. The molecular formula is C16H19ClN2O. The predicted molar refractivity (Wildman–Crippen MR) is 83.5 cm³/mol. The van der Waals surface area contributed by atoms with Crippen molar-refractivity contribution in [2.45, 2.75) is 26.9 Å². The molecule has 2 aromatic rings. The van der Waals surface area contributed by atoms with Gasteiger partial charge in [0.2, 0.25) is 0 Å². The van der Waals surface area contributed by atoms with E-state index in [-0.39, 0.29) is 0 Å². The molecule has 0 bridgehead atoms. The van der Waals surface area contributed by atoms with E-state index in [0.29, 0.717) is 6.61 Å². The monoisotopic (exact) mass is 290 g/mol. The molecule has 4 heteroatoms. The Kier molecular flexibility index (Phi) is 5.24. The lowest BCUT2D eigenvalue weighted by atomic mass is 10.2. The quantitative estimate of drug-likeness (QED) is 0.854. The van der Waals surface area contributed by atoms with E-state index in [1.807, 2.05) is 37.3 Å².